The van der Waals surface area contributed by atoms with Gasteiger partial charge in [-0.1, -0.05) is 60.2 Å². The molecule has 0 aromatic heterocycles. The molecule has 3 rings (SSSR count). The molecule has 0 saturated heterocycles. The van der Waals surface area contributed by atoms with E-state index in [0.717, 1.165) is 35.5 Å². The molecular weight excluding hydrogens is 436 g/mol. The van der Waals surface area contributed by atoms with Crippen LogP contribution in [0.1, 0.15) is 47.8 Å². The minimum Gasteiger partial charge on any atom is -0.372 e. The van der Waals surface area contributed by atoms with Gasteiger partial charge in [0.2, 0.25) is 0 Å². The molecule has 2 amide bonds. The van der Waals surface area contributed by atoms with Crippen molar-refractivity contribution in [2.75, 3.05) is 18.0 Å². The average Bonchev–Trinajstić information content (AvgIpc) is 2.89. The van der Waals surface area contributed by atoms with Crippen molar-refractivity contribution < 1.29 is 9.59 Å². The second-order valence-electron chi connectivity index (χ2n) is 8.15. The van der Waals surface area contributed by atoms with E-state index in [0.29, 0.717) is 11.3 Å². The van der Waals surface area contributed by atoms with Gasteiger partial charge in [0.05, 0.1) is 5.71 Å². The van der Waals surface area contributed by atoms with Crippen LogP contribution in [0.2, 0.25) is 0 Å². The summed E-state index contributed by atoms with van der Waals surface area (Å²) in [4.78, 5) is 28.1. The van der Waals surface area contributed by atoms with Crippen molar-refractivity contribution in [3.05, 3.63) is 107 Å². The van der Waals surface area contributed by atoms with Gasteiger partial charge in [-0.05, 0) is 69.2 Å². The van der Waals surface area contributed by atoms with E-state index >= 15 is 0 Å². The Morgan fingerprint density at radius 2 is 1.49 bits per heavy atom. The average molecular weight is 469 g/mol. The largest absolute Gasteiger partial charge is 0.372 e. The molecule has 0 saturated carbocycles. The van der Waals surface area contributed by atoms with Crippen LogP contribution in [-0.4, -0.2) is 30.6 Å². The highest BCUT2D eigenvalue weighted by molar-refractivity contribution is 6.06. The fraction of sp³-hybridized carbons (Fsp3) is 0.207. The minimum atomic E-state index is -0.506. The second-order valence-corrected chi connectivity index (χ2v) is 8.15. The number of amides is 2. The van der Waals surface area contributed by atoms with Gasteiger partial charge in [-0.25, -0.2) is 5.43 Å². The lowest BCUT2D eigenvalue weighted by Crippen LogP contribution is -2.33. The molecule has 6 nitrogen and oxygen atoms in total. The first-order valence-electron chi connectivity index (χ1n) is 11.8. The maximum atomic E-state index is 13.1. The summed E-state index contributed by atoms with van der Waals surface area (Å²) < 4.78 is 0. The molecule has 0 aliphatic carbocycles. The number of hydrogen-bond acceptors (Lipinski definition) is 4. The van der Waals surface area contributed by atoms with Crippen LogP contribution in [0.15, 0.2) is 89.7 Å². The number of rotatable bonds is 9. The number of anilines is 1. The normalized spacial score (nSPS) is 11.7. The minimum absolute atomic E-state index is 0.106. The summed E-state index contributed by atoms with van der Waals surface area (Å²) in [5.74, 6) is -0.875. The van der Waals surface area contributed by atoms with E-state index in [9.17, 15) is 9.59 Å². The van der Waals surface area contributed by atoms with Crippen LogP contribution in [0, 0.1) is 6.92 Å². The molecule has 0 aliphatic heterocycles. The van der Waals surface area contributed by atoms with Crippen LogP contribution < -0.4 is 15.6 Å². The van der Waals surface area contributed by atoms with E-state index in [2.05, 4.69) is 34.6 Å². The van der Waals surface area contributed by atoms with Gasteiger partial charge in [0.1, 0.15) is 5.70 Å². The molecule has 0 atom stereocenters. The lowest BCUT2D eigenvalue weighted by Gasteiger charge is -2.21. The van der Waals surface area contributed by atoms with Gasteiger partial charge >= 0.3 is 0 Å². The summed E-state index contributed by atoms with van der Waals surface area (Å²) in [5.41, 5.74) is 7.75. The molecule has 0 radical (unpaired) electrons. The topological polar surface area (TPSA) is 73.8 Å². The zero-order valence-corrected chi connectivity index (χ0v) is 20.7. The van der Waals surface area contributed by atoms with Crippen molar-refractivity contribution >= 4 is 29.3 Å². The smallest absolute Gasteiger partial charge is 0.287 e. The monoisotopic (exact) mass is 468 g/mol. The quantitative estimate of drug-likeness (QED) is 0.259. The highest BCUT2D eigenvalue weighted by Crippen LogP contribution is 2.17. The molecule has 2 N–H and O–H groups in total. The van der Waals surface area contributed by atoms with E-state index in [1.54, 1.807) is 30.3 Å². The van der Waals surface area contributed by atoms with E-state index in [-0.39, 0.29) is 11.6 Å². The number of nitrogens with zero attached hydrogens (tertiary/aromatic N) is 2. The van der Waals surface area contributed by atoms with Gasteiger partial charge in [0.15, 0.2) is 0 Å². The third-order valence-electron chi connectivity index (χ3n) is 5.66. The molecule has 0 fully saturated rings. The van der Waals surface area contributed by atoms with Gasteiger partial charge in [0, 0.05) is 24.3 Å². The van der Waals surface area contributed by atoms with Crippen molar-refractivity contribution in [2.24, 2.45) is 5.10 Å². The molecule has 3 aromatic carbocycles. The number of benzene rings is 3. The Labute approximate surface area is 207 Å². The molecule has 0 unspecified atom stereocenters. The van der Waals surface area contributed by atoms with Gasteiger partial charge in [-0.3, -0.25) is 9.59 Å². The SMILES string of the molecule is CCN(CC)c1ccc(/C=C(\NC(=O)c2ccccc2)C(=O)N/N=C(\C)c2ccc(C)cc2)cc1. The molecule has 3 aromatic rings. The highest BCUT2D eigenvalue weighted by Gasteiger charge is 2.15. The number of hydrazone groups is 1. The Balaban J connectivity index is 1.85. The van der Waals surface area contributed by atoms with E-state index in [4.69, 9.17) is 0 Å². The molecule has 0 aliphatic rings. The van der Waals surface area contributed by atoms with Crippen LogP contribution in [0.25, 0.3) is 6.08 Å². The van der Waals surface area contributed by atoms with Crippen LogP contribution >= 0.6 is 0 Å². The van der Waals surface area contributed by atoms with Crippen molar-refractivity contribution in [1.82, 2.24) is 10.7 Å². The van der Waals surface area contributed by atoms with E-state index in [1.807, 2.05) is 68.4 Å². The highest BCUT2D eigenvalue weighted by atomic mass is 16.2. The molecule has 0 bridgehead atoms. The first kappa shape index (κ1) is 25.4. The molecule has 0 spiro atoms. The van der Waals surface area contributed by atoms with Gasteiger partial charge < -0.3 is 10.2 Å². The molecule has 6 heteroatoms. The van der Waals surface area contributed by atoms with E-state index < -0.39 is 5.91 Å². The Bertz CT molecular complexity index is 1190. The van der Waals surface area contributed by atoms with Crippen LogP contribution in [-0.2, 0) is 4.79 Å². The fourth-order valence-electron chi connectivity index (χ4n) is 3.53. The second kappa shape index (κ2) is 12.3. The number of nitrogens with one attached hydrogen (secondary N) is 2. The van der Waals surface area contributed by atoms with Crippen LogP contribution in [0.5, 0.6) is 0 Å². The predicted octanol–water partition coefficient (Wildman–Crippen LogP) is 5.15. The lowest BCUT2D eigenvalue weighted by atomic mass is 10.1. The molecule has 0 heterocycles. The zero-order chi connectivity index (χ0) is 25.2. The third-order valence-corrected chi connectivity index (χ3v) is 5.66. The zero-order valence-electron chi connectivity index (χ0n) is 20.7. The summed E-state index contributed by atoms with van der Waals surface area (Å²) in [7, 11) is 0. The Morgan fingerprint density at radius 1 is 0.857 bits per heavy atom. The van der Waals surface area contributed by atoms with Crippen LogP contribution in [0.4, 0.5) is 5.69 Å². The van der Waals surface area contributed by atoms with E-state index in [1.165, 1.54) is 0 Å². The maximum Gasteiger partial charge on any atom is 0.287 e. The van der Waals surface area contributed by atoms with Crippen LogP contribution in [0.3, 0.4) is 0 Å². The summed E-state index contributed by atoms with van der Waals surface area (Å²) in [6, 6.07) is 24.5. The van der Waals surface area contributed by atoms with Gasteiger partial charge in [-0.15, -0.1) is 0 Å². The van der Waals surface area contributed by atoms with Crippen molar-refractivity contribution in [2.45, 2.75) is 27.7 Å². The molecule has 35 heavy (non-hydrogen) atoms. The predicted molar refractivity (Wildman–Crippen MR) is 143 cm³/mol. The lowest BCUT2D eigenvalue weighted by molar-refractivity contribution is -0.117. The number of aryl methyl sites for hydroxylation is 1. The number of hydrogen-bond donors (Lipinski definition) is 2. The Morgan fingerprint density at radius 3 is 2.09 bits per heavy atom. The summed E-state index contributed by atoms with van der Waals surface area (Å²) in [6.07, 6.45) is 1.65. The molecule has 180 valence electrons. The van der Waals surface area contributed by atoms with Crippen molar-refractivity contribution in [3.8, 4) is 0 Å². The summed E-state index contributed by atoms with van der Waals surface area (Å²) >= 11 is 0. The van der Waals surface area contributed by atoms with Crippen molar-refractivity contribution in [1.29, 1.82) is 0 Å². The first-order valence-corrected chi connectivity index (χ1v) is 11.8. The first-order chi connectivity index (χ1) is 16.9. The number of carbonyl (C=O) groups excluding carboxylic acids is 2. The standard InChI is InChI=1S/C29H32N4O2/c1-5-33(6-2)26-18-14-23(15-19-26)20-27(30-28(34)25-10-8-7-9-11-25)29(35)32-31-22(4)24-16-12-21(3)13-17-24/h7-20H,5-6H2,1-4H3,(H,30,34)(H,32,35)/b27-20-,31-22+. The fourth-order valence-corrected chi connectivity index (χ4v) is 3.53. The van der Waals surface area contributed by atoms with Crippen molar-refractivity contribution in [3.63, 3.8) is 0 Å². The Hall–Kier alpha value is -4.19. The van der Waals surface area contributed by atoms with Gasteiger partial charge in [0.25, 0.3) is 11.8 Å². The summed E-state index contributed by atoms with van der Waals surface area (Å²) in [6.45, 7) is 9.87. The Kier molecular flexibility index (Phi) is 8.95. The third kappa shape index (κ3) is 7.14. The van der Waals surface area contributed by atoms with Gasteiger partial charge in [-0.2, -0.15) is 5.10 Å². The number of carbonyl (C=O) groups is 2. The summed E-state index contributed by atoms with van der Waals surface area (Å²) in [5, 5.41) is 6.99. The maximum absolute atomic E-state index is 13.1. The molecular formula is C29H32N4O2.